The molecule has 0 saturated carbocycles. The molecule has 0 bridgehead atoms. The Balaban J connectivity index is 5.49. The zero-order valence-corrected chi connectivity index (χ0v) is 19.7. The van der Waals surface area contributed by atoms with E-state index in [9.17, 15) is 29.1 Å². The van der Waals surface area contributed by atoms with E-state index in [0.29, 0.717) is 6.42 Å². The van der Waals surface area contributed by atoms with Gasteiger partial charge >= 0.3 is 11.9 Å². The van der Waals surface area contributed by atoms with Gasteiger partial charge in [0.1, 0.15) is 18.1 Å². The zero-order valence-electron chi connectivity index (χ0n) is 19.7. The van der Waals surface area contributed by atoms with Crippen LogP contribution in [0.3, 0.4) is 0 Å². The fraction of sp³-hybridized carbons (Fsp3) is 0.762. The lowest BCUT2D eigenvalue weighted by atomic mass is 9.95. The van der Waals surface area contributed by atoms with Crippen molar-refractivity contribution in [2.75, 3.05) is 0 Å². The zero-order chi connectivity index (χ0) is 25.2. The van der Waals surface area contributed by atoms with Crippen LogP contribution in [0.1, 0.15) is 60.8 Å². The number of carboxylic acid groups (broad SMARTS) is 2. The van der Waals surface area contributed by atoms with Gasteiger partial charge < -0.3 is 31.9 Å². The van der Waals surface area contributed by atoms with E-state index in [4.69, 9.17) is 10.8 Å². The van der Waals surface area contributed by atoms with Crippen LogP contribution in [-0.4, -0.2) is 64.0 Å². The van der Waals surface area contributed by atoms with Crippen LogP contribution in [0.2, 0.25) is 0 Å². The Hall–Kier alpha value is -2.69. The number of carbonyl (C=O) groups excluding carboxylic acids is 3. The molecule has 11 heteroatoms. The summed E-state index contributed by atoms with van der Waals surface area (Å²) >= 11 is 0. The average Bonchev–Trinajstić information content (AvgIpc) is 2.67. The predicted octanol–water partition coefficient (Wildman–Crippen LogP) is 0.0756. The monoisotopic (exact) mass is 458 g/mol. The van der Waals surface area contributed by atoms with E-state index in [0.717, 1.165) is 0 Å². The van der Waals surface area contributed by atoms with Crippen LogP contribution < -0.4 is 21.7 Å². The number of aliphatic carboxylic acids is 2. The Kier molecular flexibility index (Phi) is 12.5. The first-order chi connectivity index (χ1) is 14.7. The molecule has 0 aliphatic rings. The number of nitrogens with two attached hydrogens (primary N) is 1. The lowest BCUT2D eigenvalue weighted by molar-refractivity contribution is -0.143. The summed E-state index contributed by atoms with van der Waals surface area (Å²) in [6.07, 6.45) is 0.150. The summed E-state index contributed by atoms with van der Waals surface area (Å²) in [6.45, 7) is 10.6. The molecule has 0 saturated heterocycles. The maximum absolute atomic E-state index is 13.0. The van der Waals surface area contributed by atoms with Crippen LogP contribution in [0.4, 0.5) is 0 Å². The van der Waals surface area contributed by atoms with Crippen LogP contribution in [0.5, 0.6) is 0 Å². The largest absolute Gasteiger partial charge is 0.481 e. The molecular weight excluding hydrogens is 420 g/mol. The smallest absolute Gasteiger partial charge is 0.326 e. The highest BCUT2D eigenvalue weighted by Crippen LogP contribution is 2.12. The number of hydrogen-bond acceptors (Lipinski definition) is 6. The summed E-state index contributed by atoms with van der Waals surface area (Å²) < 4.78 is 0. The van der Waals surface area contributed by atoms with Gasteiger partial charge in [-0.3, -0.25) is 19.2 Å². The van der Waals surface area contributed by atoms with Gasteiger partial charge in [-0.25, -0.2) is 4.79 Å². The first-order valence-electron chi connectivity index (χ1n) is 10.8. The molecule has 32 heavy (non-hydrogen) atoms. The predicted molar refractivity (Wildman–Crippen MR) is 117 cm³/mol. The molecule has 0 aliphatic heterocycles. The van der Waals surface area contributed by atoms with Crippen LogP contribution in [-0.2, 0) is 24.0 Å². The lowest BCUT2D eigenvalue weighted by Gasteiger charge is -2.29. The molecule has 0 radical (unpaired) electrons. The average molecular weight is 459 g/mol. The van der Waals surface area contributed by atoms with Gasteiger partial charge in [-0.05, 0) is 24.2 Å². The van der Waals surface area contributed by atoms with Crippen LogP contribution in [0.15, 0.2) is 0 Å². The molecule has 0 aromatic heterocycles. The normalized spacial score (nSPS) is 15.9. The van der Waals surface area contributed by atoms with Crippen molar-refractivity contribution in [1.29, 1.82) is 0 Å². The van der Waals surface area contributed by atoms with Crippen molar-refractivity contribution in [3.05, 3.63) is 0 Å². The van der Waals surface area contributed by atoms with Crippen molar-refractivity contribution in [2.24, 2.45) is 23.5 Å². The summed E-state index contributed by atoms with van der Waals surface area (Å²) in [5.74, 6) is -5.15. The minimum absolute atomic E-state index is 0.0310. The van der Waals surface area contributed by atoms with Gasteiger partial charge in [0.05, 0.1) is 12.5 Å². The number of nitrogens with one attached hydrogen (secondary N) is 3. The van der Waals surface area contributed by atoms with Crippen LogP contribution in [0.25, 0.3) is 0 Å². The van der Waals surface area contributed by atoms with Crippen molar-refractivity contribution >= 4 is 29.7 Å². The quantitative estimate of drug-likeness (QED) is 0.211. The molecule has 7 N–H and O–H groups in total. The molecule has 0 spiro atoms. The van der Waals surface area contributed by atoms with E-state index < -0.39 is 60.2 Å². The van der Waals surface area contributed by atoms with Crippen LogP contribution in [0, 0.1) is 17.8 Å². The van der Waals surface area contributed by atoms with E-state index >= 15 is 0 Å². The highest BCUT2D eigenvalue weighted by Gasteiger charge is 2.34. The summed E-state index contributed by atoms with van der Waals surface area (Å²) in [6, 6.07) is -4.51. The molecule has 184 valence electrons. The third-order valence-electron chi connectivity index (χ3n) is 5.09. The van der Waals surface area contributed by atoms with E-state index in [1.807, 2.05) is 20.8 Å². The maximum Gasteiger partial charge on any atom is 0.326 e. The molecule has 0 heterocycles. The Morgan fingerprint density at radius 3 is 1.72 bits per heavy atom. The second-order valence-corrected chi connectivity index (χ2v) is 8.84. The van der Waals surface area contributed by atoms with E-state index in [-0.39, 0.29) is 24.2 Å². The van der Waals surface area contributed by atoms with E-state index in [2.05, 4.69) is 16.0 Å². The molecule has 0 fully saturated rings. The molecule has 0 aromatic rings. The highest BCUT2D eigenvalue weighted by molar-refractivity contribution is 5.95. The summed E-state index contributed by atoms with van der Waals surface area (Å²) in [4.78, 5) is 60.3. The van der Waals surface area contributed by atoms with Gasteiger partial charge in [0.15, 0.2) is 0 Å². The number of carboxylic acids is 2. The summed E-state index contributed by atoms with van der Waals surface area (Å²) in [5.41, 5.74) is 5.58. The van der Waals surface area contributed by atoms with Crippen molar-refractivity contribution in [3.8, 4) is 0 Å². The first kappa shape index (κ1) is 29.3. The van der Waals surface area contributed by atoms with E-state index in [1.165, 1.54) is 0 Å². The second kappa shape index (κ2) is 13.7. The highest BCUT2D eigenvalue weighted by atomic mass is 16.4. The fourth-order valence-electron chi connectivity index (χ4n) is 2.98. The van der Waals surface area contributed by atoms with Crippen molar-refractivity contribution in [1.82, 2.24) is 16.0 Å². The lowest BCUT2D eigenvalue weighted by Crippen LogP contribution is -2.59. The standard InChI is InChI=1S/C21H38N4O7/c1-7-12(6)17(25-18(28)13(22)9-15(26)27)20(30)24-16(11(4)5)19(29)23-14(21(31)32)8-10(2)3/h10-14,16-17H,7-9,22H2,1-6H3,(H,23,29)(H,24,30)(H,25,28)(H,26,27)(H,31,32). The summed E-state index contributed by atoms with van der Waals surface area (Å²) in [7, 11) is 0. The number of hydrogen-bond donors (Lipinski definition) is 6. The first-order valence-corrected chi connectivity index (χ1v) is 10.8. The van der Waals surface area contributed by atoms with Gasteiger partial charge in [-0.2, -0.15) is 0 Å². The maximum atomic E-state index is 13.0. The van der Waals surface area contributed by atoms with Crippen LogP contribution >= 0.6 is 0 Å². The van der Waals surface area contributed by atoms with Gasteiger partial charge in [0.25, 0.3) is 0 Å². The van der Waals surface area contributed by atoms with Crippen molar-refractivity contribution in [3.63, 3.8) is 0 Å². The Labute approximate surface area is 188 Å². The van der Waals surface area contributed by atoms with Gasteiger partial charge in [0, 0.05) is 0 Å². The molecule has 5 unspecified atom stereocenters. The minimum atomic E-state index is -1.33. The van der Waals surface area contributed by atoms with Crippen molar-refractivity contribution < 1.29 is 34.2 Å². The van der Waals surface area contributed by atoms with E-state index in [1.54, 1.807) is 20.8 Å². The molecule has 3 amide bonds. The molecule has 11 nitrogen and oxygen atoms in total. The third-order valence-corrected chi connectivity index (χ3v) is 5.09. The number of amides is 3. The molecule has 0 rings (SSSR count). The topological polar surface area (TPSA) is 188 Å². The molecule has 0 aromatic carbocycles. The van der Waals surface area contributed by atoms with Gasteiger partial charge in [-0.15, -0.1) is 0 Å². The molecule has 5 atom stereocenters. The summed E-state index contributed by atoms with van der Waals surface area (Å²) in [5, 5.41) is 25.7. The second-order valence-electron chi connectivity index (χ2n) is 8.84. The number of rotatable bonds is 14. The molecular formula is C21H38N4O7. The number of carbonyl (C=O) groups is 5. The molecule has 0 aliphatic carbocycles. The van der Waals surface area contributed by atoms with Crippen molar-refractivity contribution in [2.45, 2.75) is 85.0 Å². The van der Waals surface area contributed by atoms with Gasteiger partial charge in [-0.1, -0.05) is 48.0 Å². The Morgan fingerprint density at radius 2 is 1.31 bits per heavy atom. The Bertz CT molecular complexity index is 681. The van der Waals surface area contributed by atoms with Gasteiger partial charge in [0.2, 0.25) is 17.7 Å². The third kappa shape index (κ3) is 10.1. The fourth-order valence-corrected chi connectivity index (χ4v) is 2.98. The minimum Gasteiger partial charge on any atom is -0.481 e. The SMILES string of the molecule is CCC(C)C(NC(=O)C(N)CC(=O)O)C(=O)NC(C(=O)NC(CC(C)C)C(=O)O)C(C)C. The Morgan fingerprint density at radius 1 is 0.812 bits per heavy atom.